The zero-order chi connectivity index (χ0) is 17.6. The normalized spacial score (nSPS) is 15.3. The molecule has 3 rings (SSSR count). The number of carbonyl (C=O) groups excluding carboxylic acids is 1. The van der Waals surface area contributed by atoms with E-state index >= 15 is 0 Å². The van der Waals surface area contributed by atoms with Gasteiger partial charge < -0.3 is 14.8 Å². The largest absolute Gasteiger partial charge is 0.490 e. The van der Waals surface area contributed by atoms with Gasteiger partial charge in [-0.05, 0) is 36.3 Å². The quantitative estimate of drug-likeness (QED) is 0.610. The number of nitrogens with one attached hydrogen (secondary N) is 1. The van der Waals surface area contributed by atoms with Gasteiger partial charge in [-0.25, -0.2) is 0 Å². The third-order valence-corrected chi connectivity index (χ3v) is 4.61. The lowest BCUT2D eigenvalue weighted by molar-refractivity contribution is -0.115. The summed E-state index contributed by atoms with van der Waals surface area (Å²) in [6.45, 7) is 2.92. The zero-order valence-electron chi connectivity index (χ0n) is 13.7. The van der Waals surface area contributed by atoms with Crippen molar-refractivity contribution >= 4 is 40.3 Å². The smallest absolute Gasteiger partial charge is 0.263 e. The monoisotopic (exact) mass is 371 g/mol. The minimum atomic E-state index is -0.169. The SMILES string of the molecule is CCOc1cc(/C=C2/SC(=S)NC2=O)ccc1OCc1ccccc1. The molecule has 0 atom stereocenters. The van der Waals surface area contributed by atoms with E-state index in [1.54, 1.807) is 6.08 Å². The summed E-state index contributed by atoms with van der Waals surface area (Å²) >= 11 is 6.26. The Labute approximate surface area is 156 Å². The lowest BCUT2D eigenvalue weighted by Gasteiger charge is -2.13. The molecular weight excluding hydrogens is 354 g/mol. The second-order valence-corrected chi connectivity index (χ2v) is 6.98. The molecular formula is C19H17NO3S2. The predicted octanol–water partition coefficient (Wildman–Crippen LogP) is 4.15. The molecule has 0 aliphatic carbocycles. The Bertz CT molecular complexity index is 819. The van der Waals surface area contributed by atoms with Crippen molar-refractivity contribution in [2.24, 2.45) is 0 Å². The van der Waals surface area contributed by atoms with Crippen LogP contribution in [0.2, 0.25) is 0 Å². The third-order valence-electron chi connectivity index (χ3n) is 3.44. The van der Waals surface area contributed by atoms with Crippen LogP contribution in [0.3, 0.4) is 0 Å². The summed E-state index contributed by atoms with van der Waals surface area (Å²) in [5, 5.41) is 2.61. The van der Waals surface area contributed by atoms with Crippen molar-refractivity contribution in [3.63, 3.8) is 0 Å². The first-order valence-corrected chi connectivity index (χ1v) is 9.06. The molecule has 2 aromatic rings. The highest BCUT2D eigenvalue weighted by atomic mass is 32.2. The highest BCUT2D eigenvalue weighted by Gasteiger charge is 2.22. The molecule has 1 saturated heterocycles. The van der Waals surface area contributed by atoms with Gasteiger partial charge in [-0.2, -0.15) is 0 Å². The molecule has 1 amide bonds. The second-order valence-electron chi connectivity index (χ2n) is 5.27. The fraction of sp³-hybridized carbons (Fsp3) is 0.158. The van der Waals surface area contributed by atoms with Gasteiger partial charge in [0.1, 0.15) is 10.9 Å². The molecule has 2 aromatic carbocycles. The number of amides is 1. The number of hydrogen-bond acceptors (Lipinski definition) is 5. The van der Waals surface area contributed by atoms with Crippen molar-refractivity contribution in [2.75, 3.05) is 6.61 Å². The Balaban J connectivity index is 1.79. The second kappa shape index (κ2) is 8.18. The molecule has 0 spiro atoms. The van der Waals surface area contributed by atoms with E-state index in [1.165, 1.54) is 11.8 Å². The molecule has 0 bridgehead atoms. The Kier molecular flexibility index (Phi) is 5.73. The number of rotatable bonds is 6. The fourth-order valence-corrected chi connectivity index (χ4v) is 3.35. The lowest BCUT2D eigenvalue weighted by Crippen LogP contribution is -2.17. The maximum absolute atomic E-state index is 11.8. The Morgan fingerprint density at radius 2 is 1.92 bits per heavy atom. The van der Waals surface area contributed by atoms with Crippen LogP contribution >= 0.6 is 24.0 Å². The summed E-state index contributed by atoms with van der Waals surface area (Å²) in [6, 6.07) is 15.6. The van der Waals surface area contributed by atoms with E-state index in [0.717, 1.165) is 11.1 Å². The van der Waals surface area contributed by atoms with Gasteiger partial charge >= 0.3 is 0 Å². The van der Waals surface area contributed by atoms with Crippen molar-refractivity contribution < 1.29 is 14.3 Å². The molecule has 25 heavy (non-hydrogen) atoms. The van der Waals surface area contributed by atoms with Crippen LogP contribution in [0.25, 0.3) is 6.08 Å². The Morgan fingerprint density at radius 1 is 1.12 bits per heavy atom. The summed E-state index contributed by atoms with van der Waals surface area (Å²) < 4.78 is 12.1. The lowest BCUT2D eigenvalue weighted by atomic mass is 10.2. The van der Waals surface area contributed by atoms with Crippen LogP contribution in [0.15, 0.2) is 53.4 Å². The van der Waals surface area contributed by atoms with E-state index in [2.05, 4.69) is 5.32 Å². The topological polar surface area (TPSA) is 47.6 Å². The Hall–Kier alpha value is -2.31. The average Bonchev–Trinajstić information content (AvgIpc) is 2.92. The molecule has 6 heteroatoms. The van der Waals surface area contributed by atoms with Crippen molar-refractivity contribution in [1.82, 2.24) is 5.32 Å². The number of ether oxygens (including phenoxy) is 2. The van der Waals surface area contributed by atoms with Gasteiger partial charge in [0.05, 0.1) is 11.5 Å². The van der Waals surface area contributed by atoms with Gasteiger partial charge in [-0.15, -0.1) is 0 Å². The molecule has 1 aliphatic rings. The van der Waals surface area contributed by atoms with Crippen molar-refractivity contribution in [2.45, 2.75) is 13.5 Å². The average molecular weight is 371 g/mol. The highest BCUT2D eigenvalue weighted by Crippen LogP contribution is 2.32. The molecule has 0 unspecified atom stereocenters. The summed E-state index contributed by atoms with van der Waals surface area (Å²) in [7, 11) is 0. The fourth-order valence-electron chi connectivity index (χ4n) is 2.31. The Morgan fingerprint density at radius 3 is 2.60 bits per heavy atom. The van der Waals surface area contributed by atoms with E-state index in [-0.39, 0.29) is 5.91 Å². The number of benzene rings is 2. The van der Waals surface area contributed by atoms with Crippen molar-refractivity contribution in [1.29, 1.82) is 0 Å². The van der Waals surface area contributed by atoms with Crippen LogP contribution in [-0.2, 0) is 11.4 Å². The maximum Gasteiger partial charge on any atom is 0.263 e. The first-order valence-electron chi connectivity index (χ1n) is 7.84. The molecule has 0 radical (unpaired) electrons. The molecule has 0 saturated carbocycles. The van der Waals surface area contributed by atoms with Crippen LogP contribution in [0.4, 0.5) is 0 Å². The predicted molar refractivity (Wildman–Crippen MR) is 105 cm³/mol. The van der Waals surface area contributed by atoms with Crippen LogP contribution < -0.4 is 14.8 Å². The summed E-state index contributed by atoms with van der Waals surface area (Å²) in [4.78, 5) is 12.4. The van der Waals surface area contributed by atoms with Crippen LogP contribution in [-0.4, -0.2) is 16.8 Å². The van der Waals surface area contributed by atoms with E-state index in [1.807, 2.05) is 55.5 Å². The third kappa shape index (κ3) is 4.61. The van der Waals surface area contributed by atoms with Gasteiger partial charge in [-0.3, -0.25) is 4.79 Å². The van der Waals surface area contributed by atoms with Gasteiger partial charge in [0.15, 0.2) is 11.5 Å². The number of carbonyl (C=O) groups is 1. The standard InChI is InChI=1S/C19H17NO3S2/c1-2-22-16-10-14(11-17-18(21)20-19(24)25-17)8-9-15(16)23-12-13-6-4-3-5-7-13/h3-11H,2,12H2,1H3,(H,20,21,24)/b17-11+. The molecule has 128 valence electrons. The molecule has 1 aliphatic heterocycles. The summed E-state index contributed by atoms with van der Waals surface area (Å²) in [5.41, 5.74) is 1.95. The summed E-state index contributed by atoms with van der Waals surface area (Å²) in [5.74, 6) is 1.16. The van der Waals surface area contributed by atoms with Gasteiger partial charge in [0, 0.05) is 0 Å². The van der Waals surface area contributed by atoms with Crippen LogP contribution in [0, 0.1) is 0 Å². The van der Waals surface area contributed by atoms with Gasteiger partial charge in [0.25, 0.3) is 5.91 Å². The van der Waals surface area contributed by atoms with Gasteiger partial charge in [0.2, 0.25) is 0 Å². The number of thioether (sulfide) groups is 1. The molecule has 1 fully saturated rings. The van der Waals surface area contributed by atoms with E-state index in [4.69, 9.17) is 21.7 Å². The van der Waals surface area contributed by atoms with E-state index in [0.29, 0.717) is 33.9 Å². The zero-order valence-corrected chi connectivity index (χ0v) is 15.3. The molecule has 0 aromatic heterocycles. The first-order chi connectivity index (χ1) is 12.2. The first kappa shape index (κ1) is 17.5. The van der Waals surface area contributed by atoms with Crippen molar-refractivity contribution in [3.8, 4) is 11.5 Å². The van der Waals surface area contributed by atoms with Crippen LogP contribution in [0.5, 0.6) is 11.5 Å². The van der Waals surface area contributed by atoms with Crippen LogP contribution in [0.1, 0.15) is 18.1 Å². The number of hydrogen-bond donors (Lipinski definition) is 1. The highest BCUT2D eigenvalue weighted by molar-refractivity contribution is 8.26. The van der Waals surface area contributed by atoms with Gasteiger partial charge in [-0.1, -0.05) is 60.4 Å². The summed E-state index contributed by atoms with van der Waals surface area (Å²) in [6.07, 6.45) is 1.79. The maximum atomic E-state index is 11.8. The van der Waals surface area contributed by atoms with E-state index < -0.39 is 0 Å². The van der Waals surface area contributed by atoms with E-state index in [9.17, 15) is 4.79 Å². The number of thiocarbonyl (C=S) groups is 1. The minimum Gasteiger partial charge on any atom is -0.490 e. The minimum absolute atomic E-state index is 0.169. The molecule has 4 nitrogen and oxygen atoms in total. The molecule has 1 heterocycles. The molecule has 1 N–H and O–H groups in total. The van der Waals surface area contributed by atoms with Crippen molar-refractivity contribution in [3.05, 3.63) is 64.6 Å².